The molecule has 0 saturated heterocycles. The van der Waals surface area contributed by atoms with Gasteiger partial charge in [-0.15, -0.1) is 0 Å². The van der Waals surface area contributed by atoms with Crippen molar-refractivity contribution in [3.63, 3.8) is 0 Å². The van der Waals surface area contributed by atoms with E-state index < -0.39 is 12.1 Å². The standard InChI is InChI=1S/C26H22BrNO3/c27-15-24(29)25-18-8-2-1-7-17(18)13-14-28(25)26(30)31-16-23-21-11-5-3-9-19(21)20-10-4-6-12-22(20)23/h1-12,23,25H,13-16H2/t25-/m1/s1. The van der Waals surface area contributed by atoms with Gasteiger partial charge in [0.15, 0.2) is 5.78 Å². The van der Waals surface area contributed by atoms with Gasteiger partial charge in [0.25, 0.3) is 0 Å². The van der Waals surface area contributed by atoms with Crippen LogP contribution >= 0.6 is 15.9 Å². The lowest BCUT2D eigenvalue weighted by Gasteiger charge is -2.35. The minimum absolute atomic E-state index is 0.00115. The van der Waals surface area contributed by atoms with Crippen LogP contribution in [0.5, 0.6) is 0 Å². The van der Waals surface area contributed by atoms with Crippen LogP contribution in [0, 0.1) is 0 Å². The summed E-state index contributed by atoms with van der Waals surface area (Å²) in [5.41, 5.74) is 6.75. The highest BCUT2D eigenvalue weighted by molar-refractivity contribution is 9.09. The number of carbonyl (C=O) groups is 2. The minimum Gasteiger partial charge on any atom is -0.448 e. The molecule has 1 heterocycles. The van der Waals surface area contributed by atoms with Crippen LogP contribution in [0.15, 0.2) is 72.8 Å². The van der Waals surface area contributed by atoms with Crippen molar-refractivity contribution >= 4 is 27.8 Å². The molecular formula is C26H22BrNO3. The van der Waals surface area contributed by atoms with Gasteiger partial charge in [-0.1, -0.05) is 88.7 Å². The number of rotatable bonds is 4. The van der Waals surface area contributed by atoms with E-state index in [1.807, 2.05) is 48.5 Å². The zero-order valence-corrected chi connectivity index (χ0v) is 18.5. The van der Waals surface area contributed by atoms with Gasteiger partial charge in [-0.05, 0) is 39.8 Å². The Kier molecular flexibility index (Phi) is 5.36. The molecule has 1 aliphatic heterocycles. The summed E-state index contributed by atoms with van der Waals surface area (Å²) in [5, 5.41) is 0.194. The van der Waals surface area contributed by atoms with Gasteiger partial charge in [-0.25, -0.2) is 4.79 Å². The largest absolute Gasteiger partial charge is 0.448 e. The molecule has 2 aliphatic rings. The highest BCUT2D eigenvalue weighted by atomic mass is 79.9. The summed E-state index contributed by atoms with van der Waals surface area (Å²) >= 11 is 3.28. The number of halogens is 1. The lowest BCUT2D eigenvalue weighted by atomic mass is 9.91. The van der Waals surface area contributed by atoms with Crippen LogP contribution in [0.25, 0.3) is 11.1 Å². The maximum Gasteiger partial charge on any atom is 0.410 e. The molecule has 0 saturated carbocycles. The number of ketones is 1. The third-order valence-corrected chi connectivity index (χ3v) is 6.84. The Morgan fingerprint density at radius 3 is 2.10 bits per heavy atom. The molecular weight excluding hydrogens is 454 g/mol. The Morgan fingerprint density at radius 1 is 0.871 bits per heavy atom. The molecule has 5 heteroatoms. The Balaban J connectivity index is 1.39. The number of hydrogen-bond donors (Lipinski definition) is 0. The van der Waals surface area contributed by atoms with E-state index in [0.717, 1.165) is 11.1 Å². The fraction of sp³-hybridized carbons (Fsp3) is 0.231. The topological polar surface area (TPSA) is 46.6 Å². The van der Waals surface area contributed by atoms with E-state index in [0.29, 0.717) is 13.0 Å². The van der Waals surface area contributed by atoms with Gasteiger partial charge in [-0.3, -0.25) is 9.69 Å². The molecule has 3 aromatic rings. The van der Waals surface area contributed by atoms with Crippen LogP contribution in [0.4, 0.5) is 4.79 Å². The predicted molar refractivity (Wildman–Crippen MR) is 123 cm³/mol. The maximum absolute atomic E-state index is 13.2. The van der Waals surface area contributed by atoms with Crippen molar-refractivity contribution in [3.8, 4) is 11.1 Å². The lowest BCUT2D eigenvalue weighted by Crippen LogP contribution is -2.44. The summed E-state index contributed by atoms with van der Waals surface area (Å²) in [6, 6.07) is 23.8. The Hall–Kier alpha value is -2.92. The lowest BCUT2D eigenvalue weighted by molar-refractivity contribution is -0.121. The van der Waals surface area contributed by atoms with E-state index in [4.69, 9.17) is 4.74 Å². The number of fused-ring (bicyclic) bond motifs is 4. The molecule has 0 unspecified atom stereocenters. The number of hydrogen-bond acceptors (Lipinski definition) is 3. The van der Waals surface area contributed by atoms with Crippen molar-refractivity contribution in [2.75, 3.05) is 18.5 Å². The second-order valence-corrected chi connectivity index (χ2v) is 8.51. The first-order chi connectivity index (χ1) is 15.2. The molecule has 1 atom stereocenters. The molecule has 0 spiro atoms. The molecule has 0 aromatic heterocycles. The van der Waals surface area contributed by atoms with E-state index in [2.05, 4.69) is 40.2 Å². The zero-order valence-electron chi connectivity index (χ0n) is 17.0. The number of ether oxygens (including phenoxy) is 1. The fourth-order valence-electron chi connectivity index (χ4n) is 4.86. The molecule has 0 N–H and O–H groups in total. The second kappa shape index (κ2) is 8.31. The molecule has 0 radical (unpaired) electrons. The van der Waals surface area contributed by atoms with Gasteiger partial charge in [0, 0.05) is 12.5 Å². The molecule has 31 heavy (non-hydrogen) atoms. The minimum atomic E-state index is -0.611. The van der Waals surface area contributed by atoms with E-state index in [1.165, 1.54) is 22.3 Å². The van der Waals surface area contributed by atoms with Crippen LogP contribution in [0.1, 0.15) is 34.2 Å². The number of benzene rings is 3. The molecule has 4 nitrogen and oxygen atoms in total. The third kappa shape index (κ3) is 3.47. The summed E-state index contributed by atoms with van der Waals surface area (Å²) < 4.78 is 5.84. The summed E-state index contributed by atoms with van der Waals surface area (Å²) in [5.74, 6) is -0.0422. The second-order valence-electron chi connectivity index (χ2n) is 7.95. The molecule has 156 valence electrons. The first-order valence-electron chi connectivity index (χ1n) is 10.5. The summed E-state index contributed by atoms with van der Waals surface area (Å²) in [7, 11) is 0. The van der Waals surface area contributed by atoms with Crippen molar-refractivity contribution in [1.29, 1.82) is 0 Å². The highest BCUT2D eigenvalue weighted by Gasteiger charge is 2.37. The van der Waals surface area contributed by atoms with E-state index in [-0.39, 0.29) is 23.6 Å². The van der Waals surface area contributed by atoms with Crippen molar-refractivity contribution in [1.82, 2.24) is 4.90 Å². The van der Waals surface area contributed by atoms with Gasteiger partial charge in [0.2, 0.25) is 0 Å². The first-order valence-corrected chi connectivity index (χ1v) is 11.6. The third-order valence-electron chi connectivity index (χ3n) is 6.29. The van der Waals surface area contributed by atoms with Crippen molar-refractivity contribution in [2.45, 2.75) is 18.4 Å². The number of Topliss-reactive ketones (excluding diaryl/α,β-unsaturated/α-hetero) is 1. The van der Waals surface area contributed by atoms with E-state index in [9.17, 15) is 9.59 Å². The van der Waals surface area contributed by atoms with E-state index >= 15 is 0 Å². The molecule has 1 aliphatic carbocycles. The van der Waals surface area contributed by atoms with Crippen molar-refractivity contribution in [2.24, 2.45) is 0 Å². The molecule has 5 rings (SSSR count). The zero-order chi connectivity index (χ0) is 21.4. The number of carbonyl (C=O) groups excluding carboxylic acids is 2. The van der Waals surface area contributed by atoms with Crippen LogP contribution in [0.2, 0.25) is 0 Å². The quantitative estimate of drug-likeness (QED) is 0.468. The highest BCUT2D eigenvalue weighted by Crippen LogP contribution is 2.44. The maximum atomic E-state index is 13.2. The summed E-state index contributed by atoms with van der Waals surface area (Å²) in [4.78, 5) is 27.5. The molecule has 0 fully saturated rings. The van der Waals surface area contributed by atoms with Gasteiger partial charge < -0.3 is 4.74 Å². The van der Waals surface area contributed by atoms with Crippen molar-refractivity contribution in [3.05, 3.63) is 95.1 Å². The molecule has 0 bridgehead atoms. The summed E-state index contributed by atoms with van der Waals surface area (Å²) in [6.45, 7) is 0.720. The smallest absolute Gasteiger partial charge is 0.410 e. The SMILES string of the molecule is O=C(CBr)[C@H]1c2ccccc2CCN1C(=O)OCC1c2ccccc2-c2ccccc21. The summed E-state index contributed by atoms with van der Waals surface area (Å²) in [6.07, 6.45) is 0.280. The Labute approximate surface area is 190 Å². The average molecular weight is 476 g/mol. The number of amides is 1. The predicted octanol–water partition coefficient (Wildman–Crippen LogP) is 5.50. The molecule has 1 amide bonds. The van der Waals surface area contributed by atoms with Crippen molar-refractivity contribution < 1.29 is 14.3 Å². The van der Waals surface area contributed by atoms with Crippen LogP contribution < -0.4 is 0 Å². The van der Waals surface area contributed by atoms with Gasteiger partial charge >= 0.3 is 6.09 Å². The first kappa shape index (κ1) is 20.0. The monoisotopic (exact) mass is 475 g/mol. The number of alkyl halides is 1. The van der Waals surface area contributed by atoms with Gasteiger partial charge in [0.05, 0.1) is 5.33 Å². The van der Waals surface area contributed by atoms with Crippen LogP contribution in [-0.4, -0.2) is 35.3 Å². The fourth-order valence-corrected chi connectivity index (χ4v) is 5.17. The van der Waals surface area contributed by atoms with Gasteiger partial charge in [-0.2, -0.15) is 0 Å². The van der Waals surface area contributed by atoms with Crippen LogP contribution in [0.3, 0.4) is 0 Å². The average Bonchev–Trinajstić information content (AvgIpc) is 3.15. The van der Waals surface area contributed by atoms with E-state index in [1.54, 1.807) is 4.90 Å². The Bertz CT molecular complexity index is 1110. The normalized spacial score (nSPS) is 16.9. The Morgan fingerprint density at radius 2 is 1.45 bits per heavy atom. The molecule has 3 aromatic carbocycles. The van der Waals surface area contributed by atoms with Crippen LogP contribution in [-0.2, 0) is 16.0 Å². The number of nitrogens with zero attached hydrogens (tertiary/aromatic N) is 1. The van der Waals surface area contributed by atoms with Gasteiger partial charge in [0.1, 0.15) is 12.6 Å².